The first-order valence-electron chi connectivity index (χ1n) is 10.6. The van der Waals surface area contributed by atoms with Gasteiger partial charge in [0.1, 0.15) is 5.60 Å². The number of benzene rings is 1. The lowest BCUT2D eigenvalue weighted by Gasteiger charge is -2.31. The summed E-state index contributed by atoms with van der Waals surface area (Å²) >= 11 is 0. The van der Waals surface area contributed by atoms with Gasteiger partial charge in [0.05, 0.1) is 39.3 Å². The molecule has 1 aliphatic rings. The highest BCUT2D eigenvalue weighted by molar-refractivity contribution is 5.93. The number of hydrogen-bond donors (Lipinski definition) is 1. The van der Waals surface area contributed by atoms with Crippen LogP contribution in [0.4, 0.5) is 0 Å². The number of aliphatic hydroxyl groups excluding tert-OH is 1. The maximum absolute atomic E-state index is 12.0. The van der Waals surface area contributed by atoms with E-state index in [4.69, 9.17) is 18.9 Å². The molecule has 1 aromatic rings. The Labute approximate surface area is 190 Å². The normalized spacial score (nSPS) is 18.2. The number of allylic oxidation sites excluding steroid dienone is 4. The third kappa shape index (κ3) is 6.50. The fourth-order valence-corrected chi connectivity index (χ4v) is 3.33. The summed E-state index contributed by atoms with van der Waals surface area (Å²) in [6, 6.07) is 5.74. The van der Waals surface area contributed by atoms with E-state index in [9.17, 15) is 9.90 Å². The van der Waals surface area contributed by atoms with Gasteiger partial charge < -0.3 is 24.1 Å². The molecule has 0 spiro atoms. The second kappa shape index (κ2) is 11.6. The molecule has 0 saturated heterocycles. The van der Waals surface area contributed by atoms with Crippen molar-refractivity contribution < 1.29 is 28.8 Å². The molecule has 6 heteroatoms. The number of esters is 1. The minimum Gasteiger partial charge on any atom is -0.503 e. The van der Waals surface area contributed by atoms with Crippen LogP contribution in [0.2, 0.25) is 0 Å². The van der Waals surface area contributed by atoms with E-state index in [0.29, 0.717) is 23.7 Å². The van der Waals surface area contributed by atoms with Crippen molar-refractivity contribution in [3.05, 3.63) is 65.0 Å². The summed E-state index contributed by atoms with van der Waals surface area (Å²) in [6.07, 6.45) is 9.58. The molecule has 1 aliphatic heterocycles. The number of hydrogen-bond acceptors (Lipinski definition) is 6. The standard InChI is InChI=1S/C26H34O6/c1-18(2)13-14-21-16-31-23-12-8-10-19(24(23)32-26(21,3)4)9-7-11-20(15-27)22(17-29-5)25(28)30-6/h7-13,17,21,27H,14-16H2,1-6H3/b9-7+,20-11+,22-17+/t21-/m0/s1. The molecule has 1 N–H and O–H groups in total. The average molecular weight is 443 g/mol. The average Bonchev–Trinajstić information content (AvgIpc) is 2.88. The first-order chi connectivity index (χ1) is 15.2. The van der Waals surface area contributed by atoms with Crippen LogP contribution in [0.3, 0.4) is 0 Å². The fourth-order valence-electron chi connectivity index (χ4n) is 3.33. The number of para-hydroxylation sites is 1. The number of carbonyl (C=O) groups is 1. The summed E-state index contributed by atoms with van der Waals surface area (Å²) in [6.45, 7) is 8.56. The summed E-state index contributed by atoms with van der Waals surface area (Å²) in [4.78, 5) is 12.0. The molecule has 2 rings (SSSR count). The first-order valence-corrected chi connectivity index (χ1v) is 10.6. The van der Waals surface area contributed by atoms with E-state index in [-0.39, 0.29) is 18.1 Å². The van der Waals surface area contributed by atoms with Crippen LogP contribution < -0.4 is 9.47 Å². The maximum atomic E-state index is 12.0. The highest BCUT2D eigenvalue weighted by Crippen LogP contribution is 2.41. The Balaban J connectivity index is 2.34. The zero-order valence-corrected chi connectivity index (χ0v) is 19.8. The number of ether oxygens (including phenoxy) is 4. The zero-order chi connectivity index (χ0) is 23.7. The third-order valence-electron chi connectivity index (χ3n) is 5.34. The highest BCUT2D eigenvalue weighted by atomic mass is 16.5. The molecular weight excluding hydrogens is 408 g/mol. The zero-order valence-electron chi connectivity index (χ0n) is 19.8. The number of methoxy groups -OCH3 is 2. The molecule has 0 amide bonds. The minimum atomic E-state index is -0.588. The smallest absolute Gasteiger partial charge is 0.341 e. The number of fused-ring (bicyclic) bond motifs is 1. The van der Waals surface area contributed by atoms with Gasteiger partial charge in [-0.05, 0) is 45.8 Å². The van der Waals surface area contributed by atoms with E-state index in [1.165, 1.54) is 26.1 Å². The van der Waals surface area contributed by atoms with E-state index in [0.717, 1.165) is 12.0 Å². The largest absolute Gasteiger partial charge is 0.503 e. The molecule has 1 aromatic carbocycles. The first kappa shape index (κ1) is 25.3. The molecule has 0 unspecified atom stereocenters. The quantitative estimate of drug-likeness (QED) is 0.204. The van der Waals surface area contributed by atoms with Crippen LogP contribution >= 0.6 is 0 Å². The molecule has 0 aliphatic carbocycles. The van der Waals surface area contributed by atoms with Crippen LogP contribution in [0.25, 0.3) is 6.08 Å². The van der Waals surface area contributed by atoms with E-state index >= 15 is 0 Å². The predicted molar refractivity (Wildman–Crippen MR) is 125 cm³/mol. The van der Waals surface area contributed by atoms with Crippen LogP contribution in [0.1, 0.15) is 39.7 Å². The monoisotopic (exact) mass is 442 g/mol. The van der Waals surface area contributed by atoms with Crippen molar-refractivity contribution in [1.82, 2.24) is 0 Å². The SMILES string of the molecule is CO\C=C(C(=O)OC)/C(=C/C=C/c1cccc2c1OC(C)(C)[C@@H](CC=C(C)C)CO2)CO. The summed E-state index contributed by atoms with van der Waals surface area (Å²) < 4.78 is 22.3. The Hall–Kier alpha value is -2.99. The fraction of sp³-hybridized carbons (Fsp3) is 0.423. The Bertz CT molecular complexity index is 916. The Morgan fingerprint density at radius 2 is 2.03 bits per heavy atom. The van der Waals surface area contributed by atoms with Crippen LogP contribution in [0.15, 0.2) is 59.4 Å². The van der Waals surface area contributed by atoms with Crippen LogP contribution in [-0.4, -0.2) is 44.1 Å². The molecule has 1 heterocycles. The van der Waals surface area contributed by atoms with Crippen LogP contribution in [0, 0.1) is 5.92 Å². The lowest BCUT2D eigenvalue weighted by Crippen LogP contribution is -2.39. The summed E-state index contributed by atoms with van der Waals surface area (Å²) in [5.41, 5.74) is 2.20. The van der Waals surface area contributed by atoms with Gasteiger partial charge in [-0.1, -0.05) is 42.0 Å². The van der Waals surface area contributed by atoms with Gasteiger partial charge in [-0.15, -0.1) is 0 Å². The van der Waals surface area contributed by atoms with Crippen molar-refractivity contribution in [2.75, 3.05) is 27.4 Å². The van der Waals surface area contributed by atoms with E-state index in [1.54, 1.807) is 12.2 Å². The Morgan fingerprint density at radius 1 is 1.28 bits per heavy atom. The van der Waals surface area contributed by atoms with Gasteiger partial charge in [0.25, 0.3) is 0 Å². The molecule has 0 bridgehead atoms. The van der Waals surface area contributed by atoms with Gasteiger partial charge in [0.15, 0.2) is 11.5 Å². The topological polar surface area (TPSA) is 74.2 Å². The van der Waals surface area contributed by atoms with Crippen molar-refractivity contribution in [2.24, 2.45) is 5.92 Å². The van der Waals surface area contributed by atoms with Crippen molar-refractivity contribution in [1.29, 1.82) is 0 Å². The second-order valence-electron chi connectivity index (χ2n) is 8.37. The van der Waals surface area contributed by atoms with Crippen molar-refractivity contribution in [3.63, 3.8) is 0 Å². The van der Waals surface area contributed by atoms with Gasteiger partial charge in [-0.3, -0.25) is 0 Å². The predicted octanol–water partition coefficient (Wildman–Crippen LogP) is 4.84. The van der Waals surface area contributed by atoms with Gasteiger partial charge >= 0.3 is 5.97 Å². The van der Waals surface area contributed by atoms with Crippen molar-refractivity contribution >= 4 is 12.0 Å². The van der Waals surface area contributed by atoms with Gasteiger partial charge in [0.2, 0.25) is 0 Å². The van der Waals surface area contributed by atoms with Crippen LogP contribution in [-0.2, 0) is 14.3 Å². The maximum Gasteiger partial charge on any atom is 0.341 e. The number of aliphatic hydroxyl groups is 1. The molecule has 174 valence electrons. The molecule has 0 aromatic heterocycles. The Morgan fingerprint density at radius 3 is 2.66 bits per heavy atom. The van der Waals surface area contributed by atoms with Crippen molar-refractivity contribution in [3.8, 4) is 11.5 Å². The van der Waals surface area contributed by atoms with Gasteiger partial charge in [-0.2, -0.15) is 0 Å². The molecular formula is C26H34O6. The minimum absolute atomic E-state index is 0.150. The van der Waals surface area contributed by atoms with Crippen LogP contribution in [0.5, 0.6) is 11.5 Å². The molecule has 32 heavy (non-hydrogen) atoms. The number of carbonyl (C=O) groups excluding carboxylic acids is 1. The van der Waals surface area contributed by atoms with E-state index in [1.807, 2.05) is 24.3 Å². The molecule has 0 fully saturated rings. The molecule has 6 nitrogen and oxygen atoms in total. The number of rotatable bonds is 8. The highest BCUT2D eigenvalue weighted by Gasteiger charge is 2.35. The summed E-state index contributed by atoms with van der Waals surface area (Å²) in [7, 11) is 2.71. The molecule has 1 atom stereocenters. The molecule has 0 radical (unpaired) electrons. The third-order valence-corrected chi connectivity index (χ3v) is 5.34. The Kier molecular flexibility index (Phi) is 9.14. The second-order valence-corrected chi connectivity index (χ2v) is 8.37. The summed E-state index contributed by atoms with van der Waals surface area (Å²) in [5, 5.41) is 9.73. The van der Waals surface area contributed by atoms with Crippen molar-refractivity contribution in [2.45, 2.75) is 39.7 Å². The van der Waals surface area contributed by atoms with E-state index in [2.05, 4.69) is 33.8 Å². The van der Waals surface area contributed by atoms with Gasteiger partial charge in [-0.25, -0.2) is 4.79 Å². The summed E-state index contributed by atoms with van der Waals surface area (Å²) in [5.74, 6) is 0.980. The lowest BCUT2D eigenvalue weighted by atomic mass is 9.88. The molecule has 0 saturated carbocycles. The van der Waals surface area contributed by atoms with E-state index < -0.39 is 11.6 Å². The van der Waals surface area contributed by atoms with Gasteiger partial charge in [0, 0.05) is 11.5 Å². The lowest BCUT2D eigenvalue weighted by molar-refractivity contribution is -0.136.